The van der Waals surface area contributed by atoms with Gasteiger partial charge in [0.2, 0.25) is 11.8 Å². The lowest BCUT2D eigenvalue weighted by molar-refractivity contribution is -0.130. The van der Waals surface area contributed by atoms with Crippen molar-refractivity contribution in [1.29, 1.82) is 0 Å². The molecular weight excluding hydrogens is 254 g/mol. The molecule has 0 bridgehead atoms. The third-order valence-corrected chi connectivity index (χ3v) is 4.48. The highest BCUT2D eigenvalue weighted by Gasteiger charge is 2.61. The number of rotatable bonds is 3. The minimum Gasteiger partial charge on any atom is -0.342 e. The molecule has 2 aliphatic rings. The molecule has 20 heavy (non-hydrogen) atoms. The number of carbonyl (C=O) groups excluding carboxylic acids is 2. The van der Waals surface area contributed by atoms with Gasteiger partial charge >= 0.3 is 0 Å². The van der Waals surface area contributed by atoms with Gasteiger partial charge in [-0.2, -0.15) is 0 Å². The van der Waals surface area contributed by atoms with Crippen molar-refractivity contribution in [3.05, 3.63) is 24.5 Å². The quantitative estimate of drug-likeness (QED) is 0.911. The number of hydrogen-bond acceptors (Lipinski definition) is 3. The monoisotopic (exact) mass is 273 g/mol. The van der Waals surface area contributed by atoms with E-state index >= 15 is 0 Å². The number of aromatic nitrogens is 1. The van der Waals surface area contributed by atoms with E-state index < -0.39 is 0 Å². The van der Waals surface area contributed by atoms with Gasteiger partial charge in [-0.1, -0.05) is 6.92 Å². The average molecular weight is 273 g/mol. The Balaban J connectivity index is 1.59. The zero-order chi connectivity index (χ0) is 14.2. The Bertz CT molecular complexity index is 531. The molecule has 1 saturated heterocycles. The summed E-state index contributed by atoms with van der Waals surface area (Å²) in [6, 6.07) is 3.64. The molecule has 5 nitrogen and oxygen atoms in total. The van der Waals surface area contributed by atoms with Crippen molar-refractivity contribution in [2.45, 2.75) is 26.2 Å². The van der Waals surface area contributed by atoms with E-state index in [1.807, 2.05) is 17.9 Å². The number of hydrogen-bond donors (Lipinski definition) is 1. The summed E-state index contributed by atoms with van der Waals surface area (Å²) in [5.74, 6) is 0.293. The van der Waals surface area contributed by atoms with Gasteiger partial charge in [0, 0.05) is 37.0 Å². The summed E-state index contributed by atoms with van der Waals surface area (Å²) in [7, 11) is 0. The molecule has 1 aliphatic carbocycles. The zero-order valence-corrected chi connectivity index (χ0v) is 11.6. The normalized spacial score (nSPS) is 27.6. The first-order valence-electron chi connectivity index (χ1n) is 7.13. The van der Waals surface area contributed by atoms with Crippen LogP contribution in [0.25, 0.3) is 0 Å². The van der Waals surface area contributed by atoms with Crippen molar-refractivity contribution in [1.82, 2.24) is 9.88 Å². The van der Waals surface area contributed by atoms with E-state index in [1.54, 1.807) is 18.5 Å². The van der Waals surface area contributed by atoms with Crippen LogP contribution in [0, 0.1) is 11.3 Å². The van der Waals surface area contributed by atoms with Crippen LogP contribution >= 0.6 is 0 Å². The van der Waals surface area contributed by atoms with E-state index in [9.17, 15) is 9.59 Å². The van der Waals surface area contributed by atoms with Crippen LogP contribution in [0.4, 0.5) is 5.69 Å². The van der Waals surface area contributed by atoms with E-state index in [0.29, 0.717) is 6.42 Å². The predicted molar refractivity (Wildman–Crippen MR) is 74.9 cm³/mol. The maximum Gasteiger partial charge on any atom is 0.228 e. The average Bonchev–Trinajstić information content (AvgIpc) is 3.00. The first kappa shape index (κ1) is 13.1. The third kappa shape index (κ3) is 2.28. The van der Waals surface area contributed by atoms with Crippen molar-refractivity contribution in [2.24, 2.45) is 11.3 Å². The molecule has 2 fully saturated rings. The lowest BCUT2D eigenvalue weighted by Gasteiger charge is -2.15. The standard InChI is InChI=1S/C15H19N3O2/c1-2-13(19)18-7-5-15(10-18)8-12(15)14(20)17-11-4-3-6-16-9-11/h3-4,6,9,12H,2,5,7-8,10H2,1H3,(H,17,20)/t12-,15-/m1/s1. The fourth-order valence-corrected chi connectivity index (χ4v) is 3.17. The molecule has 2 amide bonds. The van der Waals surface area contributed by atoms with Crippen molar-refractivity contribution in [2.75, 3.05) is 18.4 Å². The summed E-state index contributed by atoms with van der Waals surface area (Å²) in [4.78, 5) is 29.8. The van der Waals surface area contributed by atoms with E-state index in [-0.39, 0.29) is 23.1 Å². The van der Waals surface area contributed by atoms with Crippen molar-refractivity contribution >= 4 is 17.5 Å². The van der Waals surface area contributed by atoms with E-state index in [4.69, 9.17) is 0 Å². The van der Waals surface area contributed by atoms with Gasteiger partial charge in [-0.05, 0) is 25.0 Å². The number of likely N-dealkylation sites (tertiary alicyclic amines) is 1. The van der Waals surface area contributed by atoms with Gasteiger partial charge < -0.3 is 10.2 Å². The number of nitrogens with one attached hydrogen (secondary N) is 1. The molecule has 0 unspecified atom stereocenters. The molecule has 1 N–H and O–H groups in total. The lowest BCUT2D eigenvalue weighted by Crippen LogP contribution is -2.29. The highest BCUT2D eigenvalue weighted by atomic mass is 16.2. The van der Waals surface area contributed by atoms with Crippen LogP contribution in [0.2, 0.25) is 0 Å². The van der Waals surface area contributed by atoms with Crippen LogP contribution in [0.15, 0.2) is 24.5 Å². The fraction of sp³-hybridized carbons (Fsp3) is 0.533. The third-order valence-electron chi connectivity index (χ3n) is 4.48. The summed E-state index contributed by atoms with van der Waals surface area (Å²) in [6.45, 7) is 3.42. The summed E-state index contributed by atoms with van der Waals surface area (Å²) in [6.07, 6.45) is 5.72. The first-order chi connectivity index (χ1) is 9.64. The molecule has 0 aromatic carbocycles. The van der Waals surface area contributed by atoms with Crippen LogP contribution in [-0.4, -0.2) is 34.8 Å². The molecule has 2 atom stereocenters. The predicted octanol–water partition coefficient (Wildman–Crippen LogP) is 1.67. The number of carbonyl (C=O) groups is 2. The van der Waals surface area contributed by atoms with E-state index in [2.05, 4.69) is 10.3 Å². The second-order valence-electron chi connectivity index (χ2n) is 5.77. The zero-order valence-electron chi connectivity index (χ0n) is 11.6. The van der Waals surface area contributed by atoms with Crippen LogP contribution in [0.1, 0.15) is 26.2 Å². The number of anilines is 1. The van der Waals surface area contributed by atoms with Crippen molar-refractivity contribution in [3.63, 3.8) is 0 Å². The van der Waals surface area contributed by atoms with Crippen molar-refractivity contribution in [3.8, 4) is 0 Å². The Morgan fingerprint density at radius 1 is 1.55 bits per heavy atom. The number of nitrogens with zero attached hydrogens (tertiary/aromatic N) is 2. The Labute approximate surface area is 118 Å². The summed E-state index contributed by atoms with van der Waals surface area (Å²) >= 11 is 0. The summed E-state index contributed by atoms with van der Waals surface area (Å²) in [5, 5.41) is 2.91. The highest BCUT2D eigenvalue weighted by Crippen LogP contribution is 2.58. The van der Waals surface area contributed by atoms with Crippen molar-refractivity contribution < 1.29 is 9.59 Å². The molecule has 1 aromatic heterocycles. The lowest BCUT2D eigenvalue weighted by atomic mass is 10.0. The second kappa shape index (κ2) is 4.89. The molecule has 1 aromatic rings. The minimum atomic E-state index is 0.0388. The van der Waals surface area contributed by atoms with Gasteiger partial charge in [0.25, 0.3) is 0 Å². The maximum absolute atomic E-state index is 12.2. The highest BCUT2D eigenvalue weighted by molar-refractivity contribution is 5.95. The van der Waals surface area contributed by atoms with Gasteiger partial charge in [-0.25, -0.2) is 0 Å². The van der Waals surface area contributed by atoms with Gasteiger partial charge in [0.05, 0.1) is 11.9 Å². The minimum absolute atomic E-state index is 0.0388. The number of pyridine rings is 1. The topological polar surface area (TPSA) is 62.3 Å². The molecule has 106 valence electrons. The summed E-state index contributed by atoms with van der Waals surface area (Å²) < 4.78 is 0. The Morgan fingerprint density at radius 3 is 3.10 bits per heavy atom. The number of amides is 2. The molecule has 1 spiro atoms. The SMILES string of the molecule is CCC(=O)N1CC[C@@]2(C[C@@H]2C(=O)Nc2cccnc2)C1. The molecular formula is C15H19N3O2. The molecule has 1 aliphatic heterocycles. The van der Waals surface area contributed by atoms with Crippen LogP contribution < -0.4 is 5.32 Å². The fourth-order valence-electron chi connectivity index (χ4n) is 3.17. The van der Waals surface area contributed by atoms with Crippen LogP contribution in [-0.2, 0) is 9.59 Å². The maximum atomic E-state index is 12.2. The first-order valence-corrected chi connectivity index (χ1v) is 7.13. The molecule has 2 heterocycles. The Kier molecular flexibility index (Phi) is 3.20. The van der Waals surface area contributed by atoms with Gasteiger partial charge in [-0.3, -0.25) is 14.6 Å². The van der Waals surface area contributed by atoms with E-state index in [1.165, 1.54) is 0 Å². The van der Waals surface area contributed by atoms with E-state index in [0.717, 1.165) is 31.6 Å². The van der Waals surface area contributed by atoms with Crippen LogP contribution in [0.5, 0.6) is 0 Å². The Hall–Kier alpha value is -1.91. The van der Waals surface area contributed by atoms with Gasteiger partial charge in [0.1, 0.15) is 0 Å². The Morgan fingerprint density at radius 2 is 2.40 bits per heavy atom. The smallest absolute Gasteiger partial charge is 0.228 e. The molecule has 5 heteroatoms. The molecule has 1 saturated carbocycles. The largest absolute Gasteiger partial charge is 0.342 e. The van der Waals surface area contributed by atoms with Gasteiger partial charge in [-0.15, -0.1) is 0 Å². The summed E-state index contributed by atoms with van der Waals surface area (Å²) in [5.41, 5.74) is 0.774. The second-order valence-corrected chi connectivity index (χ2v) is 5.77. The molecule has 3 rings (SSSR count). The van der Waals surface area contributed by atoms with Crippen LogP contribution in [0.3, 0.4) is 0 Å². The molecule has 0 radical (unpaired) electrons. The van der Waals surface area contributed by atoms with Gasteiger partial charge in [0.15, 0.2) is 0 Å².